The van der Waals surface area contributed by atoms with Gasteiger partial charge in [-0.3, -0.25) is 0 Å². The van der Waals surface area contributed by atoms with Crippen LogP contribution < -0.4 is 0 Å². The normalized spacial score (nSPS) is 37.0. The summed E-state index contributed by atoms with van der Waals surface area (Å²) in [5.41, 5.74) is 8.42. The number of hydrogen-bond acceptors (Lipinski definition) is 3. The molecule has 0 radical (unpaired) electrons. The van der Waals surface area contributed by atoms with Gasteiger partial charge in [0.15, 0.2) is 0 Å². The Balaban J connectivity index is 1.88. The molecule has 0 N–H and O–H groups in total. The highest BCUT2D eigenvalue weighted by molar-refractivity contribution is 4.90. The van der Waals surface area contributed by atoms with E-state index in [-0.39, 0.29) is 11.5 Å². The quantitative estimate of drug-likeness (QED) is 0.385. The Morgan fingerprint density at radius 3 is 3.14 bits per heavy atom. The molecule has 0 aromatic carbocycles. The lowest BCUT2D eigenvalue weighted by atomic mass is 9.80. The van der Waals surface area contributed by atoms with Gasteiger partial charge in [-0.1, -0.05) is 5.11 Å². The van der Waals surface area contributed by atoms with Crippen LogP contribution in [0.25, 0.3) is 10.4 Å². The maximum atomic E-state index is 8.21. The fourth-order valence-corrected chi connectivity index (χ4v) is 2.33. The molecule has 5 heteroatoms. The molecule has 0 aromatic heterocycles. The summed E-state index contributed by atoms with van der Waals surface area (Å²) in [4.78, 5) is 2.75. The first-order valence-corrected chi connectivity index (χ1v) is 5.05. The molecule has 0 unspecified atom stereocenters. The van der Waals surface area contributed by atoms with E-state index in [1.807, 2.05) is 0 Å². The van der Waals surface area contributed by atoms with E-state index >= 15 is 0 Å². The second-order valence-electron chi connectivity index (χ2n) is 4.21. The molecule has 78 valence electrons. The van der Waals surface area contributed by atoms with Crippen molar-refractivity contribution in [2.45, 2.75) is 25.4 Å². The molecule has 0 saturated carbocycles. The van der Waals surface area contributed by atoms with Crippen LogP contribution in [0, 0.1) is 5.41 Å². The maximum Gasteiger partial charge on any atom is 0.0638 e. The van der Waals surface area contributed by atoms with Gasteiger partial charge in [0.05, 0.1) is 25.9 Å². The number of hydrogen-bond donors (Lipinski definition) is 0. The lowest BCUT2D eigenvalue weighted by Gasteiger charge is -2.31. The highest BCUT2D eigenvalue weighted by atomic mass is 16.5. The molecule has 2 aliphatic heterocycles. The van der Waals surface area contributed by atoms with Crippen LogP contribution in [0.15, 0.2) is 5.11 Å². The minimum absolute atomic E-state index is 0.104. The Labute approximate surface area is 83.0 Å². The van der Waals surface area contributed by atoms with Crippen LogP contribution in [0.2, 0.25) is 0 Å². The van der Waals surface area contributed by atoms with Crippen LogP contribution in [0.3, 0.4) is 0 Å². The topological polar surface area (TPSA) is 67.2 Å². The summed E-state index contributed by atoms with van der Waals surface area (Å²) < 4.78 is 11.1. The van der Waals surface area contributed by atoms with Crippen molar-refractivity contribution in [3.05, 3.63) is 10.4 Å². The van der Waals surface area contributed by atoms with Crippen molar-refractivity contribution in [3.63, 3.8) is 0 Å². The predicted octanol–water partition coefficient (Wildman–Crippen LogP) is 1.88. The minimum atomic E-state index is 0.104. The summed E-state index contributed by atoms with van der Waals surface area (Å²) in [5, 5.41) is 3.55. The van der Waals surface area contributed by atoms with E-state index in [9.17, 15) is 0 Å². The van der Waals surface area contributed by atoms with Crippen molar-refractivity contribution >= 4 is 0 Å². The molecule has 0 bridgehead atoms. The SMILES string of the molecule is [N-]=[N+]=NC[C@@H]1C[C@@]2(CCCOC2)CO1. The number of azide groups is 1. The lowest BCUT2D eigenvalue weighted by Crippen LogP contribution is -2.32. The van der Waals surface area contributed by atoms with Gasteiger partial charge in [-0.25, -0.2) is 0 Å². The van der Waals surface area contributed by atoms with Crippen LogP contribution in [0.1, 0.15) is 19.3 Å². The average molecular weight is 197 g/mol. The molecule has 0 amide bonds. The molecule has 2 fully saturated rings. The Morgan fingerprint density at radius 1 is 1.50 bits per heavy atom. The third kappa shape index (κ3) is 2.00. The van der Waals surface area contributed by atoms with E-state index in [2.05, 4.69) is 10.0 Å². The Morgan fingerprint density at radius 2 is 2.43 bits per heavy atom. The van der Waals surface area contributed by atoms with Crippen LogP contribution >= 0.6 is 0 Å². The summed E-state index contributed by atoms with van der Waals surface area (Å²) in [5.74, 6) is 0. The molecule has 2 rings (SSSR count). The van der Waals surface area contributed by atoms with Crippen molar-refractivity contribution in [1.82, 2.24) is 0 Å². The molecule has 0 aromatic rings. The molecule has 2 aliphatic rings. The van der Waals surface area contributed by atoms with Gasteiger partial charge in [-0.2, -0.15) is 0 Å². The first-order chi connectivity index (χ1) is 6.85. The van der Waals surface area contributed by atoms with E-state index in [4.69, 9.17) is 15.0 Å². The van der Waals surface area contributed by atoms with Crippen molar-refractivity contribution in [3.8, 4) is 0 Å². The molecule has 2 atom stereocenters. The van der Waals surface area contributed by atoms with Crippen LogP contribution in [-0.2, 0) is 9.47 Å². The lowest BCUT2D eigenvalue weighted by molar-refractivity contribution is -0.0135. The Kier molecular flexibility index (Phi) is 2.91. The second kappa shape index (κ2) is 4.17. The monoisotopic (exact) mass is 197 g/mol. The largest absolute Gasteiger partial charge is 0.381 e. The zero-order valence-electron chi connectivity index (χ0n) is 8.19. The molecular weight excluding hydrogens is 182 g/mol. The fourth-order valence-electron chi connectivity index (χ4n) is 2.33. The average Bonchev–Trinajstić information content (AvgIpc) is 2.60. The summed E-state index contributed by atoms with van der Waals surface area (Å²) in [7, 11) is 0. The van der Waals surface area contributed by atoms with Gasteiger partial charge < -0.3 is 9.47 Å². The second-order valence-corrected chi connectivity index (χ2v) is 4.21. The first kappa shape index (κ1) is 9.77. The van der Waals surface area contributed by atoms with Crippen LogP contribution in [0.4, 0.5) is 0 Å². The van der Waals surface area contributed by atoms with Gasteiger partial charge in [0, 0.05) is 16.9 Å². The maximum absolute atomic E-state index is 8.21. The zero-order chi connectivity index (χ0) is 9.86. The highest BCUT2D eigenvalue weighted by Gasteiger charge is 2.41. The van der Waals surface area contributed by atoms with Crippen molar-refractivity contribution in [2.24, 2.45) is 10.5 Å². The van der Waals surface area contributed by atoms with E-state index < -0.39 is 0 Å². The van der Waals surface area contributed by atoms with E-state index in [1.165, 1.54) is 6.42 Å². The standard InChI is InChI=1S/C9H15N3O2/c10-12-11-5-8-4-9(7-14-8)2-1-3-13-6-9/h8H,1-7H2/t8-,9+/m0/s1. The number of rotatable bonds is 2. The van der Waals surface area contributed by atoms with E-state index in [0.29, 0.717) is 6.54 Å². The van der Waals surface area contributed by atoms with E-state index in [1.54, 1.807) is 0 Å². The van der Waals surface area contributed by atoms with Crippen molar-refractivity contribution < 1.29 is 9.47 Å². The fraction of sp³-hybridized carbons (Fsp3) is 1.00. The molecular formula is C9H15N3O2. The van der Waals surface area contributed by atoms with Gasteiger partial charge in [0.1, 0.15) is 0 Å². The Bertz CT molecular complexity index is 244. The van der Waals surface area contributed by atoms with Gasteiger partial charge in [0.2, 0.25) is 0 Å². The summed E-state index contributed by atoms with van der Waals surface area (Å²) in [6, 6.07) is 0. The molecule has 1 spiro atoms. The number of ether oxygens (including phenoxy) is 2. The Hall–Kier alpha value is -0.770. The van der Waals surface area contributed by atoms with Gasteiger partial charge in [-0.15, -0.1) is 0 Å². The third-order valence-electron chi connectivity index (χ3n) is 3.04. The smallest absolute Gasteiger partial charge is 0.0638 e. The van der Waals surface area contributed by atoms with Crippen LogP contribution in [-0.4, -0.2) is 32.5 Å². The summed E-state index contributed by atoms with van der Waals surface area (Å²) in [6.45, 7) is 2.90. The van der Waals surface area contributed by atoms with E-state index in [0.717, 1.165) is 32.7 Å². The molecule has 14 heavy (non-hydrogen) atoms. The predicted molar refractivity (Wildman–Crippen MR) is 50.9 cm³/mol. The summed E-state index contributed by atoms with van der Waals surface area (Å²) >= 11 is 0. The zero-order valence-corrected chi connectivity index (χ0v) is 8.19. The first-order valence-electron chi connectivity index (χ1n) is 5.05. The molecule has 2 saturated heterocycles. The molecule has 0 aliphatic carbocycles. The minimum Gasteiger partial charge on any atom is -0.381 e. The van der Waals surface area contributed by atoms with Gasteiger partial charge in [0.25, 0.3) is 0 Å². The number of nitrogens with zero attached hydrogens (tertiary/aromatic N) is 3. The van der Waals surface area contributed by atoms with Crippen molar-refractivity contribution in [1.29, 1.82) is 0 Å². The van der Waals surface area contributed by atoms with Crippen LogP contribution in [0.5, 0.6) is 0 Å². The summed E-state index contributed by atoms with van der Waals surface area (Å²) in [6.07, 6.45) is 3.39. The molecule has 5 nitrogen and oxygen atoms in total. The molecule has 2 heterocycles. The third-order valence-corrected chi connectivity index (χ3v) is 3.04. The van der Waals surface area contributed by atoms with Crippen molar-refractivity contribution in [2.75, 3.05) is 26.4 Å². The van der Waals surface area contributed by atoms with Gasteiger partial charge in [-0.05, 0) is 24.8 Å². The van der Waals surface area contributed by atoms with Gasteiger partial charge >= 0.3 is 0 Å². The highest BCUT2D eigenvalue weighted by Crippen LogP contribution is 2.39.